The van der Waals surface area contributed by atoms with Crippen LogP contribution in [0, 0.1) is 0 Å². The van der Waals surface area contributed by atoms with Gasteiger partial charge in [0.2, 0.25) is 0 Å². The van der Waals surface area contributed by atoms with Crippen molar-refractivity contribution in [3.8, 4) is 11.5 Å². The molecule has 0 fully saturated rings. The minimum absolute atomic E-state index is 0.141. The van der Waals surface area contributed by atoms with E-state index in [1.165, 1.54) is 6.07 Å². The third kappa shape index (κ3) is 2.03. The second-order valence-corrected chi connectivity index (χ2v) is 6.14. The standard InChI is InChI=1S/C20H17NO3/c1-12(15-8-4-6-13-5-2-3-7-16(13)15)21-11-14-9-10-17(22)19(23)18(14)20(21)24/h2-10,12,22-23H,11H2,1H3/t12-/m1/s1. The molecule has 4 heteroatoms. The Morgan fingerprint density at radius 2 is 1.75 bits per heavy atom. The van der Waals surface area contributed by atoms with Gasteiger partial charge in [0.05, 0.1) is 11.6 Å². The fourth-order valence-electron chi connectivity index (χ4n) is 3.49. The lowest BCUT2D eigenvalue weighted by atomic mass is 9.99. The zero-order chi connectivity index (χ0) is 16.8. The van der Waals surface area contributed by atoms with E-state index in [-0.39, 0.29) is 29.0 Å². The largest absolute Gasteiger partial charge is 0.504 e. The minimum atomic E-state index is -0.329. The number of phenolic OH excluding ortho intramolecular Hbond substituents is 2. The fourth-order valence-corrected chi connectivity index (χ4v) is 3.49. The molecule has 1 atom stereocenters. The van der Waals surface area contributed by atoms with Crippen LogP contribution < -0.4 is 0 Å². The molecular weight excluding hydrogens is 302 g/mol. The molecule has 4 rings (SSSR count). The predicted molar refractivity (Wildman–Crippen MR) is 92.0 cm³/mol. The molecule has 1 amide bonds. The van der Waals surface area contributed by atoms with E-state index in [1.807, 2.05) is 31.2 Å². The van der Waals surface area contributed by atoms with Gasteiger partial charge in [0.1, 0.15) is 0 Å². The Morgan fingerprint density at radius 1 is 1.00 bits per heavy atom. The zero-order valence-corrected chi connectivity index (χ0v) is 13.2. The first-order valence-electron chi connectivity index (χ1n) is 7.90. The van der Waals surface area contributed by atoms with E-state index in [0.717, 1.165) is 21.9 Å². The Hall–Kier alpha value is -3.01. The van der Waals surface area contributed by atoms with E-state index >= 15 is 0 Å². The number of rotatable bonds is 2. The van der Waals surface area contributed by atoms with Crippen LogP contribution in [0.15, 0.2) is 54.6 Å². The van der Waals surface area contributed by atoms with Crippen LogP contribution in [0.2, 0.25) is 0 Å². The molecule has 3 aromatic rings. The smallest absolute Gasteiger partial charge is 0.258 e. The molecule has 0 radical (unpaired) electrons. The maximum absolute atomic E-state index is 12.8. The maximum Gasteiger partial charge on any atom is 0.258 e. The van der Waals surface area contributed by atoms with Gasteiger partial charge in [-0.15, -0.1) is 0 Å². The molecule has 3 aromatic carbocycles. The lowest BCUT2D eigenvalue weighted by Crippen LogP contribution is -2.27. The van der Waals surface area contributed by atoms with Crippen molar-refractivity contribution in [1.29, 1.82) is 0 Å². The lowest BCUT2D eigenvalue weighted by molar-refractivity contribution is 0.0714. The van der Waals surface area contributed by atoms with Gasteiger partial charge in [-0.05, 0) is 34.9 Å². The average molecular weight is 319 g/mol. The fraction of sp³-hybridized carbons (Fsp3) is 0.150. The van der Waals surface area contributed by atoms with Crippen molar-refractivity contribution in [2.75, 3.05) is 0 Å². The number of benzene rings is 3. The molecule has 0 unspecified atom stereocenters. The number of carbonyl (C=O) groups is 1. The van der Waals surface area contributed by atoms with Crippen LogP contribution in [0.3, 0.4) is 0 Å². The van der Waals surface area contributed by atoms with E-state index in [1.54, 1.807) is 11.0 Å². The van der Waals surface area contributed by atoms with Gasteiger partial charge in [0.25, 0.3) is 5.91 Å². The summed E-state index contributed by atoms with van der Waals surface area (Å²) in [6, 6.07) is 17.1. The summed E-state index contributed by atoms with van der Waals surface area (Å²) in [7, 11) is 0. The summed E-state index contributed by atoms with van der Waals surface area (Å²) in [6.07, 6.45) is 0. The van der Waals surface area contributed by atoms with E-state index < -0.39 is 0 Å². The number of phenols is 2. The molecule has 0 saturated heterocycles. The van der Waals surface area contributed by atoms with Crippen molar-refractivity contribution in [2.45, 2.75) is 19.5 Å². The highest BCUT2D eigenvalue weighted by molar-refractivity contribution is 6.02. The second kappa shape index (κ2) is 5.27. The normalized spacial score (nSPS) is 14.9. The molecule has 1 heterocycles. The van der Waals surface area contributed by atoms with Gasteiger partial charge in [-0.2, -0.15) is 0 Å². The van der Waals surface area contributed by atoms with Crippen molar-refractivity contribution in [3.05, 3.63) is 71.3 Å². The summed E-state index contributed by atoms with van der Waals surface area (Å²) in [6.45, 7) is 2.41. The monoisotopic (exact) mass is 319 g/mol. The van der Waals surface area contributed by atoms with Gasteiger partial charge in [0, 0.05) is 6.54 Å². The third-order valence-corrected chi connectivity index (χ3v) is 4.80. The van der Waals surface area contributed by atoms with E-state index in [2.05, 4.69) is 18.2 Å². The second-order valence-electron chi connectivity index (χ2n) is 6.14. The number of fused-ring (bicyclic) bond motifs is 2. The SMILES string of the molecule is C[C@H](c1cccc2ccccc12)N1Cc2ccc(O)c(O)c2C1=O. The molecule has 2 N–H and O–H groups in total. The van der Waals surface area contributed by atoms with E-state index in [4.69, 9.17) is 0 Å². The molecular formula is C20H17NO3. The van der Waals surface area contributed by atoms with Crippen LogP contribution in [0.25, 0.3) is 10.8 Å². The van der Waals surface area contributed by atoms with Crippen molar-refractivity contribution in [3.63, 3.8) is 0 Å². The first kappa shape index (κ1) is 14.6. The van der Waals surface area contributed by atoms with Gasteiger partial charge < -0.3 is 15.1 Å². The molecule has 1 aliphatic heterocycles. The lowest BCUT2D eigenvalue weighted by Gasteiger charge is -2.26. The number of amides is 1. The number of aromatic hydroxyl groups is 2. The van der Waals surface area contributed by atoms with Crippen molar-refractivity contribution in [1.82, 2.24) is 4.90 Å². The Kier molecular flexibility index (Phi) is 3.20. The van der Waals surface area contributed by atoms with Crippen LogP contribution >= 0.6 is 0 Å². The number of nitrogens with zero attached hydrogens (tertiary/aromatic N) is 1. The van der Waals surface area contributed by atoms with Gasteiger partial charge in [0.15, 0.2) is 11.5 Å². The van der Waals surface area contributed by atoms with E-state index in [0.29, 0.717) is 6.54 Å². The summed E-state index contributed by atoms with van der Waals surface area (Å²) < 4.78 is 0. The summed E-state index contributed by atoms with van der Waals surface area (Å²) in [5, 5.41) is 21.9. The van der Waals surface area contributed by atoms with Crippen molar-refractivity contribution >= 4 is 16.7 Å². The van der Waals surface area contributed by atoms with E-state index in [9.17, 15) is 15.0 Å². The average Bonchev–Trinajstić information content (AvgIpc) is 2.94. The molecule has 1 aliphatic rings. The van der Waals surface area contributed by atoms with Crippen LogP contribution in [-0.2, 0) is 6.54 Å². The predicted octanol–water partition coefficient (Wildman–Crippen LogP) is 3.97. The third-order valence-electron chi connectivity index (χ3n) is 4.80. The van der Waals surface area contributed by atoms with Crippen molar-refractivity contribution in [2.24, 2.45) is 0 Å². The highest BCUT2D eigenvalue weighted by Gasteiger charge is 2.35. The zero-order valence-electron chi connectivity index (χ0n) is 13.2. The Balaban J connectivity index is 1.77. The van der Waals surface area contributed by atoms with Crippen LogP contribution in [-0.4, -0.2) is 21.0 Å². The van der Waals surface area contributed by atoms with Gasteiger partial charge in [-0.25, -0.2) is 0 Å². The summed E-state index contributed by atoms with van der Waals surface area (Å²) >= 11 is 0. The molecule has 0 bridgehead atoms. The molecule has 0 spiro atoms. The molecule has 24 heavy (non-hydrogen) atoms. The first-order valence-corrected chi connectivity index (χ1v) is 7.90. The summed E-state index contributed by atoms with van der Waals surface area (Å²) in [5.74, 6) is -0.842. The van der Waals surface area contributed by atoms with Crippen LogP contribution in [0.1, 0.15) is 34.5 Å². The highest BCUT2D eigenvalue weighted by atomic mass is 16.3. The van der Waals surface area contributed by atoms with Gasteiger partial charge in [-0.3, -0.25) is 4.79 Å². The molecule has 0 saturated carbocycles. The summed E-state index contributed by atoms with van der Waals surface area (Å²) in [4.78, 5) is 14.5. The quantitative estimate of drug-likeness (QED) is 0.703. The molecule has 0 aromatic heterocycles. The minimum Gasteiger partial charge on any atom is -0.504 e. The number of hydrogen-bond acceptors (Lipinski definition) is 3. The Labute approximate surface area is 139 Å². The number of hydrogen-bond donors (Lipinski definition) is 2. The van der Waals surface area contributed by atoms with Gasteiger partial charge in [-0.1, -0.05) is 48.5 Å². The van der Waals surface area contributed by atoms with Crippen molar-refractivity contribution < 1.29 is 15.0 Å². The Bertz CT molecular complexity index is 959. The molecule has 120 valence electrons. The Morgan fingerprint density at radius 3 is 2.58 bits per heavy atom. The highest BCUT2D eigenvalue weighted by Crippen LogP contribution is 2.40. The van der Waals surface area contributed by atoms with Gasteiger partial charge >= 0.3 is 0 Å². The molecule has 0 aliphatic carbocycles. The topological polar surface area (TPSA) is 60.8 Å². The molecule has 4 nitrogen and oxygen atoms in total. The number of carbonyl (C=O) groups excluding carboxylic acids is 1. The first-order chi connectivity index (χ1) is 11.6. The summed E-state index contributed by atoms with van der Waals surface area (Å²) in [5.41, 5.74) is 2.02. The van der Waals surface area contributed by atoms with Crippen LogP contribution in [0.5, 0.6) is 11.5 Å². The maximum atomic E-state index is 12.8. The van der Waals surface area contributed by atoms with Crippen LogP contribution in [0.4, 0.5) is 0 Å².